The van der Waals surface area contributed by atoms with Gasteiger partial charge in [0, 0.05) is 0 Å². The average molecular weight is 230 g/mol. The molecule has 0 saturated carbocycles. The van der Waals surface area contributed by atoms with Crippen molar-refractivity contribution in [2.45, 2.75) is 6.42 Å². The van der Waals surface area contributed by atoms with Crippen LogP contribution in [-0.4, -0.2) is 13.1 Å². The van der Waals surface area contributed by atoms with Crippen LogP contribution >= 0.6 is 0 Å². The van der Waals surface area contributed by atoms with Crippen LogP contribution < -0.4 is 0 Å². The van der Waals surface area contributed by atoms with Gasteiger partial charge in [0.05, 0.1) is 13.5 Å². The molecule has 0 bridgehead atoms. The number of methoxy groups -OCH3 is 1. The van der Waals surface area contributed by atoms with Crippen molar-refractivity contribution in [2.75, 3.05) is 7.11 Å². The van der Waals surface area contributed by atoms with Gasteiger partial charge in [0.1, 0.15) is 0 Å². The van der Waals surface area contributed by atoms with Crippen molar-refractivity contribution in [3.63, 3.8) is 0 Å². The molecule has 2 heteroatoms. The molecule has 0 aromatic heterocycles. The Bertz CT molecular complexity index is 355. The zero-order chi connectivity index (χ0) is 12.8. The van der Waals surface area contributed by atoms with Crippen LogP contribution in [0.15, 0.2) is 73.4 Å². The van der Waals surface area contributed by atoms with Crippen molar-refractivity contribution in [3.8, 4) is 0 Å². The molecule has 0 aromatic rings. The van der Waals surface area contributed by atoms with Crippen molar-refractivity contribution in [1.29, 1.82) is 0 Å². The molecule has 0 fully saturated rings. The largest absolute Gasteiger partial charge is 0.469 e. The van der Waals surface area contributed by atoms with E-state index in [1.165, 1.54) is 7.11 Å². The van der Waals surface area contributed by atoms with Gasteiger partial charge < -0.3 is 4.74 Å². The van der Waals surface area contributed by atoms with E-state index in [9.17, 15) is 4.79 Å². The number of esters is 1. The molecular weight excluding hydrogens is 212 g/mol. The Labute approximate surface area is 103 Å². The summed E-state index contributed by atoms with van der Waals surface area (Å²) in [6.45, 7) is 3.56. The summed E-state index contributed by atoms with van der Waals surface area (Å²) in [4.78, 5) is 10.7. The van der Waals surface area contributed by atoms with Crippen LogP contribution in [0.5, 0.6) is 0 Å². The molecule has 0 radical (unpaired) electrons. The predicted octanol–water partition coefficient (Wildman–Crippen LogP) is 3.52. The van der Waals surface area contributed by atoms with Crippen LogP contribution in [0.25, 0.3) is 0 Å². The number of hydrogen-bond acceptors (Lipinski definition) is 2. The second-order valence-corrected chi connectivity index (χ2v) is 2.98. The van der Waals surface area contributed by atoms with Gasteiger partial charge in [-0.05, 0) is 0 Å². The second-order valence-electron chi connectivity index (χ2n) is 2.98. The summed E-state index contributed by atoms with van der Waals surface area (Å²) in [7, 11) is 1.38. The first-order valence-corrected chi connectivity index (χ1v) is 5.32. The summed E-state index contributed by atoms with van der Waals surface area (Å²) in [6.07, 6.45) is 20.7. The van der Waals surface area contributed by atoms with Gasteiger partial charge in [-0.15, -0.1) is 0 Å². The van der Waals surface area contributed by atoms with E-state index in [1.807, 2.05) is 54.7 Å². The fourth-order valence-corrected chi connectivity index (χ4v) is 0.854. The minimum atomic E-state index is -0.234. The van der Waals surface area contributed by atoms with E-state index < -0.39 is 0 Å². The highest BCUT2D eigenvalue weighted by atomic mass is 16.5. The molecule has 90 valence electrons. The van der Waals surface area contributed by atoms with Crippen LogP contribution in [0.3, 0.4) is 0 Å². The van der Waals surface area contributed by atoms with Gasteiger partial charge in [-0.3, -0.25) is 4.79 Å². The first-order valence-electron chi connectivity index (χ1n) is 5.32. The maximum absolute atomic E-state index is 10.7. The Morgan fingerprint density at radius 2 is 1.41 bits per heavy atom. The van der Waals surface area contributed by atoms with E-state index in [0.29, 0.717) is 6.42 Å². The SMILES string of the molecule is C=CC=CC=CC=CC=CC=CCC(=O)OC. The summed E-state index contributed by atoms with van der Waals surface area (Å²) in [6, 6.07) is 0. The summed E-state index contributed by atoms with van der Waals surface area (Å²) in [5.41, 5.74) is 0. The Kier molecular flexibility index (Phi) is 10.5. The standard InChI is InChI=1S/C15H18O2/c1-3-4-5-6-7-8-9-10-11-12-13-14-15(16)17-2/h3-13H,1,14H2,2H3. The highest BCUT2D eigenvalue weighted by molar-refractivity contribution is 5.70. The third-order valence-electron chi connectivity index (χ3n) is 1.67. The Balaban J connectivity index is 3.76. The van der Waals surface area contributed by atoms with Crippen LogP contribution in [-0.2, 0) is 9.53 Å². The normalized spacial score (nSPS) is 12.5. The summed E-state index contributed by atoms with van der Waals surface area (Å²) < 4.78 is 4.49. The molecule has 0 saturated heterocycles. The molecule has 0 rings (SSSR count). The van der Waals surface area contributed by atoms with Crippen molar-refractivity contribution in [1.82, 2.24) is 0 Å². The molecule has 17 heavy (non-hydrogen) atoms. The lowest BCUT2D eigenvalue weighted by Gasteiger charge is -1.89. The number of carbonyl (C=O) groups excluding carboxylic acids is 1. The van der Waals surface area contributed by atoms with E-state index in [4.69, 9.17) is 0 Å². The minimum Gasteiger partial charge on any atom is -0.469 e. The lowest BCUT2D eigenvalue weighted by Crippen LogP contribution is -1.96. The van der Waals surface area contributed by atoms with Gasteiger partial charge in [0.25, 0.3) is 0 Å². The van der Waals surface area contributed by atoms with Crippen molar-refractivity contribution in [2.24, 2.45) is 0 Å². The number of ether oxygens (including phenoxy) is 1. The van der Waals surface area contributed by atoms with E-state index in [1.54, 1.807) is 12.2 Å². The molecule has 0 amide bonds. The molecule has 0 unspecified atom stereocenters. The molecule has 0 aliphatic heterocycles. The molecule has 0 aromatic carbocycles. The van der Waals surface area contributed by atoms with Crippen molar-refractivity contribution in [3.05, 3.63) is 73.4 Å². The molecule has 0 N–H and O–H groups in total. The van der Waals surface area contributed by atoms with Crippen LogP contribution in [0.1, 0.15) is 6.42 Å². The maximum atomic E-state index is 10.7. The number of allylic oxidation sites excluding steroid dienone is 10. The first-order chi connectivity index (χ1) is 8.31. The molecule has 0 atom stereocenters. The highest BCUT2D eigenvalue weighted by Crippen LogP contribution is 1.88. The molecular formula is C15H18O2. The second kappa shape index (κ2) is 12.0. The number of carbonyl (C=O) groups is 1. The highest BCUT2D eigenvalue weighted by Gasteiger charge is 1.91. The zero-order valence-corrected chi connectivity index (χ0v) is 10.1. The molecule has 2 nitrogen and oxygen atoms in total. The number of hydrogen-bond donors (Lipinski definition) is 0. The monoisotopic (exact) mass is 230 g/mol. The van der Waals surface area contributed by atoms with E-state index in [0.717, 1.165) is 0 Å². The Hall–Kier alpha value is -2.09. The number of rotatable bonds is 7. The summed E-state index contributed by atoms with van der Waals surface area (Å²) in [5, 5.41) is 0. The zero-order valence-electron chi connectivity index (χ0n) is 10.1. The topological polar surface area (TPSA) is 26.3 Å². The Morgan fingerprint density at radius 1 is 0.941 bits per heavy atom. The van der Waals surface area contributed by atoms with Gasteiger partial charge >= 0.3 is 5.97 Å². The molecule has 0 aliphatic rings. The Morgan fingerprint density at radius 3 is 1.88 bits per heavy atom. The lowest BCUT2D eigenvalue weighted by molar-refractivity contribution is -0.139. The van der Waals surface area contributed by atoms with E-state index >= 15 is 0 Å². The summed E-state index contributed by atoms with van der Waals surface area (Å²) >= 11 is 0. The quantitative estimate of drug-likeness (QED) is 0.494. The fraction of sp³-hybridized carbons (Fsp3) is 0.133. The minimum absolute atomic E-state index is 0.234. The first kappa shape index (κ1) is 14.9. The van der Waals surface area contributed by atoms with Gasteiger partial charge in [0.15, 0.2) is 0 Å². The van der Waals surface area contributed by atoms with Crippen molar-refractivity contribution < 1.29 is 9.53 Å². The van der Waals surface area contributed by atoms with Gasteiger partial charge in [-0.25, -0.2) is 0 Å². The van der Waals surface area contributed by atoms with Gasteiger partial charge in [-0.2, -0.15) is 0 Å². The molecule has 0 aliphatic carbocycles. The maximum Gasteiger partial charge on any atom is 0.309 e. The fourth-order valence-electron chi connectivity index (χ4n) is 0.854. The van der Waals surface area contributed by atoms with E-state index in [-0.39, 0.29) is 5.97 Å². The third kappa shape index (κ3) is 11.8. The van der Waals surface area contributed by atoms with Gasteiger partial charge in [0.2, 0.25) is 0 Å². The van der Waals surface area contributed by atoms with Gasteiger partial charge in [-0.1, -0.05) is 73.4 Å². The van der Waals surface area contributed by atoms with E-state index in [2.05, 4.69) is 11.3 Å². The average Bonchev–Trinajstić information content (AvgIpc) is 2.35. The smallest absolute Gasteiger partial charge is 0.309 e. The van der Waals surface area contributed by atoms with Crippen LogP contribution in [0, 0.1) is 0 Å². The summed E-state index contributed by atoms with van der Waals surface area (Å²) in [5.74, 6) is -0.234. The van der Waals surface area contributed by atoms with Crippen molar-refractivity contribution >= 4 is 5.97 Å². The van der Waals surface area contributed by atoms with Crippen LogP contribution in [0.2, 0.25) is 0 Å². The van der Waals surface area contributed by atoms with Crippen LogP contribution in [0.4, 0.5) is 0 Å². The lowest BCUT2D eigenvalue weighted by atomic mass is 10.3. The molecule has 0 heterocycles. The predicted molar refractivity (Wildman–Crippen MR) is 72.5 cm³/mol. The molecule has 0 spiro atoms. The third-order valence-corrected chi connectivity index (χ3v) is 1.67.